The van der Waals surface area contributed by atoms with Crippen molar-refractivity contribution in [3.05, 3.63) is 0 Å². The van der Waals surface area contributed by atoms with E-state index in [1.807, 2.05) is 4.90 Å². The molecule has 1 aliphatic heterocycles. The van der Waals surface area contributed by atoms with Crippen LogP contribution >= 0.6 is 12.4 Å². The SMILES string of the molecule is CCCN(C(=O)CCS(=O)(=O)C1CCCC1)C1CCNC1.Cl. The first-order chi connectivity index (χ1) is 10.0. The van der Waals surface area contributed by atoms with Crippen molar-refractivity contribution < 1.29 is 13.2 Å². The number of rotatable bonds is 7. The van der Waals surface area contributed by atoms with Crippen molar-refractivity contribution in [2.24, 2.45) is 0 Å². The molecule has 1 N–H and O–H groups in total. The summed E-state index contributed by atoms with van der Waals surface area (Å²) >= 11 is 0. The third-order valence-electron chi connectivity index (χ3n) is 4.67. The molecule has 1 amide bonds. The average molecular weight is 353 g/mol. The maximum Gasteiger partial charge on any atom is 0.223 e. The second-order valence-corrected chi connectivity index (χ2v) is 8.66. The maximum absolute atomic E-state index is 12.4. The Morgan fingerprint density at radius 1 is 1.23 bits per heavy atom. The lowest BCUT2D eigenvalue weighted by Crippen LogP contribution is -2.42. The van der Waals surface area contributed by atoms with Crippen LogP contribution in [0.15, 0.2) is 0 Å². The van der Waals surface area contributed by atoms with Gasteiger partial charge in [0.1, 0.15) is 0 Å². The summed E-state index contributed by atoms with van der Waals surface area (Å²) in [5, 5.41) is 3.07. The van der Waals surface area contributed by atoms with Gasteiger partial charge in [-0.15, -0.1) is 12.4 Å². The number of carbonyl (C=O) groups excluding carboxylic acids is 1. The molecule has 5 nitrogen and oxygen atoms in total. The molecule has 0 aromatic rings. The summed E-state index contributed by atoms with van der Waals surface area (Å²) in [6.45, 7) is 4.56. The normalized spacial score (nSPS) is 22.5. The van der Waals surface area contributed by atoms with Gasteiger partial charge in [-0.05, 0) is 32.2 Å². The lowest BCUT2D eigenvalue weighted by atomic mass is 10.2. The molecule has 2 aliphatic rings. The van der Waals surface area contributed by atoms with E-state index < -0.39 is 9.84 Å². The zero-order chi connectivity index (χ0) is 15.3. The zero-order valence-corrected chi connectivity index (χ0v) is 15.1. The average Bonchev–Trinajstić information content (AvgIpc) is 3.14. The van der Waals surface area contributed by atoms with Gasteiger partial charge in [-0.2, -0.15) is 0 Å². The highest BCUT2D eigenvalue weighted by molar-refractivity contribution is 7.92. The fourth-order valence-corrected chi connectivity index (χ4v) is 5.29. The van der Waals surface area contributed by atoms with Gasteiger partial charge < -0.3 is 10.2 Å². The molecule has 1 unspecified atom stereocenters. The highest BCUT2D eigenvalue weighted by atomic mass is 35.5. The van der Waals surface area contributed by atoms with Crippen LogP contribution in [-0.4, -0.2) is 55.9 Å². The monoisotopic (exact) mass is 352 g/mol. The van der Waals surface area contributed by atoms with Crippen LogP contribution in [0.25, 0.3) is 0 Å². The second kappa shape index (κ2) is 9.08. The van der Waals surface area contributed by atoms with E-state index in [1.54, 1.807) is 0 Å². The summed E-state index contributed by atoms with van der Waals surface area (Å²) in [5.41, 5.74) is 0. The van der Waals surface area contributed by atoms with Gasteiger partial charge in [-0.25, -0.2) is 8.42 Å². The van der Waals surface area contributed by atoms with Crippen LogP contribution in [-0.2, 0) is 14.6 Å². The number of halogens is 1. The van der Waals surface area contributed by atoms with Crippen LogP contribution in [0.2, 0.25) is 0 Å². The van der Waals surface area contributed by atoms with Crippen LogP contribution in [0.4, 0.5) is 0 Å². The summed E-state index contributed by atoms with van der Waals surface area (Å²) in [7, 11) is -3.09. The summed E-state index contributed by atoms with van der Waals surface area (Å²) in [5.74, 6) is 0.0313. The Hall–Kier alpha value is -0.330. The van der Waals surface area contributed by atoms with Crippen molar-refractivity contribution in [1.82, 2.24) is 10.2 Å². The van der Waals surface area contributed by atoms with E-state index in [0.29, 0.717) is 0 Å². The summed E-state index contributed by atoms with van der Waals surface area (Å²) < 4.78 is 24.5. The van der Waals surface area contributed by atoms with Gasteiger partial charge >= 0.3 is 0 Å². The molecule has 0 radical (unpaired) electrons. The molecule has 0 aromatic carbocycles. The molecule has 7 heteroatoms. The minimum absolute atomic E-state index is 0. The van der Waals surface area contributed by atoms with E-state index in [4.69, 9.17) is 0 Å². The molecule has 22 heavy (non-hydrogen) atoms. The molecule has 0 bridgehead atoms. The van der Waals surface area contributed by atoms with Crippen molar-refractivity contribution in [3.63, 3.8) is 0 Å². The fraction of sp³-hybridized carbons (Fsp3) is 0.933. The number of nitrogens with zero attached hydrogens (tertiary/aromatic N) is 1. The van der Waals surface area contributed by atoms with Gasteiger partial charge in [0.15, 0.2) is 9.84 Å². The van der Waals surface area contributed by atoms with Gasteiger partial charge in [0.25, 0.3) is 0 Å². The summed E-state index contributed by atoms with van der Waals surface area (Å²) in [6, 6.07) is 0.242. The van der Waals surface area contributed by atoms with Crippen molar-refractivity contribution in [2.45, 2.75) is 63.2 Å². The first-order valence-corrected chi connectivity index (χ1v) is 9.98. The Balaban J connectivity index is 0.00000242. The highest BCUT2D eigenvalue weighted by Crippen LogP contribution is 2.25. The minimum atomic E-state index is -3.09. The Morgan fingerprint density at radius 2 is 1.91 bits per heavy atom. The lowest BCUT2D eigenvalue weighted by molar-refractivity contribution is -0.132. The van der Waals surface area contributed by atoms with Crippen molar-refractivity contribution in [2.75, 3.05) is 25.4 Å². The molecule has 1 atom stereocenters. The second-order valence-electron chi connectivity index (χ2n) is 6.26. The quantitative estimate of drug-likeness (QED) is 0.758. The Bertz CT molecular complexity index is 444. The third-order valence-corrected chi connectivity index (χ3v) is 6.93. The van der Waals surface area contributed by atoms with E-state index in [9.17, 15) is 13.2 Å². The van der Waals surface area contributed by atoms with Crippen molar-refractivity contribution >= 4 is 28.2 Å². The molecule has 130 valence electrons. The van der Waals surface area contributed by atoms with Crippen LogP contribution in [0.3, 0.4) is 0 Å². The first kappa shape index (κ1) is 19.7. The molecule has 1 aliphatic carbocycles. The van der Waals surface area contributed by atoms with Gasteiger partial charge in [-0.1, -0.05) is 19.8 Å². The Kier molecular flexibility index (Phi) is 8.14. The number of nitrogens with one attached hydrogen (secondary N) is 1. The predicted molar refractivity (Wildman–Crippen MR) is 91.2 cm³/mol. The fourth-order valence-electron chi connectivity index (χ4n) is 3.44. The van der Waals surface area contributed by atoms with Gasteiger partial charge in [0.05, 0.1) is 11.0 Å². The van der Waals surface area contributed by atoms with Gasteiger partial charge in [0, 0.05) is 25.6 Å². The molecule has 1 saturated heterocycles. The van der Waals surface area contributed by atoms with Crippen molar-refractivity contribution in [3.8, 4) is 0 Å². The lowest BCUT2D eigenvalue weighted by Gasteiger charge is -2.28. The van der Waals surface area contributed by atoms with E-state index in [0.717, 1.165) is 58.2 Å². The van der Waals surface area contributed by atoms with Gasteiger partial charge in [0.2, 0.25) is 5.91 Å². The van der Waals surface area contributed by atoms with E-state index >= 15 is 0 Å². The largest absolute Gasteiger partial charge is 0.338 e. The number of hydrogen-bond donors (Lipinski definition) is 1. The molecular formula is C15H29ClN2O3S. The highest BCUT2D eigenvalue weighted by Gasteiger charge is 2.31. The molecular weight excluding hydrogens is 324 g/mol. The van der Waals surface area contributed by atoms with Crippen LogP contribution in [0.5, 0.6) is 0 Å². The van der Waals surface area contributed by atoms with Crippen LogP contribution < -0.4 is 5.32 Å². The summed E-state index contributed by atoms with van der Waals surface area (Å²) in [4.78, 5) is 14.3. The number of carbonyl (C=O) groups is 1. The number of hydrogen-bond acceptors (Lipinski definition) is 4. The van der Waals surface area contributed by atoms with E-state index in [-0.39, 0.29) is 41.8 Å². The molecule has 0 spiro atoms. The van der Waals surface area contributed by atoms with Crippen LogP contribution in [0, 0.1) is 0 Å². The van der Waals surface area contributed by atoms with Crippen molar-refractivity contribution in [1.29, 1.82) is 0 Å². The smallest absolute Gasteiger partial charge is 0.223 e. The summed E-state index contributed by atoms with van der Waals surface area (Å²) in [6.07, 6.45) is 5.61. The number of amides is 1. The Morgan fingerprint density at radius 3 is 2.45 bits per heavy atom. The molecule has 0 aromatic heterocycles. The third kappa shape index (κ3) is 5.10. The predicted octanol–water partition coefficient (Wildman–Crippen LogP) is 1.76. The Labute approximate surface area is 140 Å². The molecule has 2 rings (SSSR count). The molecule has 1 heterocycles. The van der Waals surface area contributed by atoms with Gasteiger partial charge in [-0.3, -0.25) is 4.79 Å². The minimum Gasteiger partial charge on any atom is -0.338 e. The van der Waals surface area contributed by atoms with E-state index in [1.165, 1.54) is 0 Å². The van der Waals surface area contributed by atoms with E-state index in [2.05, 4.69) is 12.2 Å². The van der Waals surface area contributed by atoms with Crippen LogP contribution in [0.1, 0.15) is 51.9 Å². The molecule has 2 fully saturated rings. The molecule has 1 saturated carbocycles. The maximum atomic E-state index is 12.4. The standard InChI is InChI=1S/C15H28N2O3S.ClH/c1-2-10-17(13-7-9-16-12-13)15(18)8-11-21(19,20)14-5-3-4-6-14;/h13-14,16H,2-12H2,1H3;1H. The zero-order valence-electron chi connectivity index (χ0n) is 13.4. The number of sulfone groups is 1. The first-order valence-electron chi connectivity index (χ1n) is 8.26. The topological polar surface area (TPSA) is 66.5 Å².